The first-order valence-electron chi connectivity index (χ1n) is 8.65. The molecule has 2 aromatic rings. The molecule has 0 aliphatic carbocycles. The van der Waals surface area contributed by atoms with Crippen LogP contribution in [0.15, 0.2) is 53.4 Å². The molecule has 1 saturated heterocycles. The largest absolute Gasteiger partial charge is 0.345 e. The summed E-state index contributed by atoms with van der Waals surface area (Å²) >= 11 is 1.84. The van der Waals surface area contributed by atoms with Crippen LogP contribution in [0.3, 0.4) is 0 Å². The third-order valence-electron chi connectivity index (χ3n) is 4.78. The molecule has 0 aromatic heterocycles. The third kappa shape index (κ3) is 3.29. The first kappa shape index (κ1) is 16.2. The maximum atomic E-state index is 12.6. The van der Waals surface area contributed by atoms with Gasteiger partial charge in [0, 0.05) is 34.9 Å². The Morgan fingerprint density at radius 2 is 1.92 bits per heavy atom. The maximum Gasteiger partial charge on any atom is 0.251 e. The monoisotopic (exact) mass is 352 g/mol. The highest BCUT2D eigenvalue weighted by Crippen LogP contribution is 2.36. The van der Waals surface area contributed by atoms with Gasteiger partial charge in [0.25, 0.3) is 5.91 Å². The normalized spacial score (nSPS) is 19.6. The van der Waals surface area contributed by atoms with E-state index in [1.165, 1.54) is 10.5 Å². The van der Waals surface area contributed by atoms with Crippen molar-refractivity contribution in [2.45, 2.75) is 30.2 Å². The molecule has 2 heterocycles. The fourth-order valence-electron chi connectivity index (χ4n) is 3.45. The molecule has 0 unspecified atom stereocenters. The van der Waals surface area contributed by atoms with Crippen LogP contribution in [0.25, 0.3) is 0 Å². The van der Waals surface area contributed by atoms with Crippen molar-refractivity contribution in [3.05, 3.63) is 59.7 Å². The van der Waals surface area contributed by atoms with Gasteiger partial charge >= 0.3 is 0 Å². The maximum absolute atomic E-state index is 12.6. The SMILES string of the molecule is O=C(N[C@H]1CCSc2ccccc21)c1ccc(N2CCCC2=O)cc1. The number of hydrogen-bond acceptors (Lipinski definition) is 3. The molecule has 5 heteroatoms. The standard InChI is InChI=1S/C20H20N2O2S/c23-19-6-3-12-22(19)15-9-7-14(8-10-15)20(24)21-17-11-13-25-18-5-2-1-4-16(17)18/h1-2,4-5,7-10,17H,3,6,11-13H2,(H,21,24)/t17-/m0/s1. The Balaban J connectivity index is 1.48. The summed E-state index contributed by atoms with van der Waals surface area (Å²) in [6, 6.07) is 15.7. The molecule has 1 fully saturated rings. The summed E-state index contributed by atoms with van der Waals surface area (Å²) in [6.45, 7) is 0.765. The van der Waals surface area contributed by atoms with Crippen LogP contribution in [0, 0.1) is 0 Å². The van der Waals surface area contributed by atoms with E-state index in [1.807, 2.05) is 36.0 Å². The fraction of sp³-hybridized carbons (Fsp3) is 0.300. The molecular formula is C20H20N2O2S. The Kier molecular flexibility index (Phi) is 4.49. The van der Waals surface area contributed by atoms with Crippen molar-refractivity contribution >= 4 is 29.3 Å². The van der Waals surface area contributed by atoms with Gasteiger partial charge in [-0.1, -0.05) is 18.2 Å². The van der Waals surface area contributed by atoms with Gasteiger partial charge in [-0.3, -0.25) is 9.59 Å². The quantitative estimate of drug-likeness (QED) is 0.914. The van der Waals surface area contributed by atoms with Gasteiger partial charge in [0.2, 0.25) is 5.91 Å². The lowest BCUT2D eigenvalue weighted by atomic mass is 10.0. The van der Waals surface area contributed by atoms with E-state index in [-0.39, 0.29) is 17.9 Å². The van der Waals surface area contributed by atoms with Crippen molar-refractivity contribution in [1.82, 2.24) is 5.32 Å². The smallest absolute Gasteiger partial charge is 0.251 e. The number of nitrogens with one attached hydrogen (secondary N) is 1. The number of amides is 2. The second-order valence-electron chi connectivity index (χ2n) is 6.40. The summed E-state index contributed by atoms with van der Waals surface area (Å²) in [4.78, 5) is 27.5. The molecule has 1 atom stereocenters. The second kappa shape index (κ2) is 6.92. The number of carbonyl (C=O) groups is 2. The van der Waals surface area contributed by atoms with Crippen molar-refractivity contribution < 1.29 is 9.59 Å². The molecule has 0 spiro atoms. The van der Waals surface area contributed by atoms with E-state index < -0.39 is 0 Å². The van der Waals surface area contributed by atoms with E-state index in [0.29, 0.717) is 12.0 Å². The van der Waals surface area contributed by atoms with E-state index >= 15 is 0 Å². The van der Waals surface area contributed by atoms with Crippen LogP contribution in [-0.2, 0) is 4.79 Å². The molecule has 0 bridgehead atoms. The number of rotatable bonds is 3. The average Bonchev–Trinajstić information content (AvgIpc) is 3.08. The summed E-state index contributed by atoms with van der Waals surface area (Å²) in [5.41, 5.74) is 2.70. The van der Waals surface area contributed by atoms with Crippen molar-refractivity contribution in [3.8, 4) is 0 Å². The molecule has 4 rings (SSSR count). The topological polar surface area (TPSA) is 49.4 Å². The molecular weight excluding hydrogens is 332 g/mol. The number of thioether (sulfide) groups is 1. The van der Waals surface area contributed by atoms with Crippen LogP contribution >= 0.6 is 11.8 Å². The Morgan fingerprint density at radius 3 is 2.68 bits per heavy atom. The van der Waals surface area contributed by atoms with Gasteiger partial charge in [0.05, 0.1) is 6.04 Å². The minimum atomic E-state index is -0.0639. The van der Waals surface area contributed by atoms with Crippen LogP contribution in [-0.4, -0.2) is 24.1 Å². The molecule has 2 aromatic carbocycles. The summed E-state index contributed by atoms with van der Waals surface area (Å²) < 4.78 is 0. The van der Waals surface area contributed by atoms with Gasteiger partial charge in [0.1, 0.15) is 0 Å². The van der Waals surface area contributed by atoms with Crippen molar-refractivity contribution in [2.24, 2.45) is 0 Å². The molecule has 0 saturated carbocycles. The zero-order chi connectivity index (χ0) is 17.2. The summed E-state index contributed by atoms with van der Waals surface area (Å²) in [5, 5.41) is 3.16. The summed E-state index contributed by atoms with van der Waals surface area (Å²) in [5.74, 6) is 1.11. The first-order chi connectivity index (χ1) is 12.2. The molecule has 2 aliphatic rings. The van der Waals surface area contributed by atoms with Crippen LogP contribution in [0.5, 0.6) is 0 Å². The highest BCUT2D eigenvalue weighted by atomic mass is 32.2. The lowest BCUT2D eigenvalue weighted by Gasteiger charge is -2.26. The minimum absolute atomic E-state index is 0.0600. The second-order valence-corrected chi connectivity index (χ2v) is 7.53. The predicted molar refractivity (Wildman–Crippen MR) is 100 cm³/mol. The summed E-state index contributed by atoms with van der Waals surface area (Å²) in [6.07, 6.45) is 2.45. The highest BCUT2D eigenvalue weighted by Gasteiger charge is 2.24. The number of carbonyl (C=O) groups excluding carboxylic acids is 2. The number of benzene rings is 2. The molecule has 25 heavy (non-hydrogen) atoms. The molecule has 1 N–H and O–H groups in total. The zero-order valence-corrected chi connectivity index (χ0v) is 14.7. The van der Waals surface area contributed by atoms with E-state index in [0.717, 1.165) is 30.8 Å². The molecule has 2 aliphatic heterocycles. The molecule has 4 nitrogen and oxygen atoms in total. The molecule has 2 amide bonds. The van der Waals surface area contributed by atoms with E-state index in [9.17, 15) is 9.59 Å². The van der Waals surface area contributed by atoms with Gasteiger partial charge in [0.15, 0.2) is 0 Å². The Hall–Kier alpha value is -2.27. The van der Waals surface area contributed by atoms with Crippen LogP contribution < -0.4 is 10.2 Å². The van der Waals surface area contributed by atoms with Crippen LogP contribution in [0.4, 0.5) is 5.69 Å². The Bertz CT molecular complexity index is 804. The van der Waals surface area contributed by atoms with Crippen molar-refractivity contribution in [1.29, 1.82) is 0 Å². The Labute approximate surface area is 151 Å². The van der Waals surface area contributed by atoms with E-state index in [4.69, 9.17) is 0 Å². The number of fused-ring (bicyclic) bond motifs is 1. The van der Waals surface area contributed by atoms with Crippen molar-refractivity contribution in [2.75, 3.05) is 17.2 Å². The van der Waals surface area contributed by atoms with Gasteiger partial charge in [-0.2, -0.15) is 0 Å². The van der Waals surface area contributed by atoms with Gasteiger partial charge in [-0.15, -0.1) is 11.8 Å². The number of anilines is 1. The van der Waals surface area contributed by atoms with Gasteiger partial charge in [-0.05, 0) is 48.7 Å². The number of nitrogens with zero attached hydrogens (tertiary/aromatic N) is 1. The summed E-state index contributed by atoms with van der Waals surface area (Å²) in [7, 11) is 0. The zero-order valence-electron chi connectivity index (χ0n) is 13.9. The highest BCUT2D eigenvalue weighted by molar-refractivity contribution is 7.99. The van der Waals surface area contributed by atoms with Crippen LogP contribution in [0.2, 0.25) is 0 Å². The fourth-order valence-corrected chi connectivity index (χ4v) is 4.57. The molecule has 0 radical (unpaired) electrons. The first-order valence-corrected chi connectivity index (χ1v) is 9.64. The van der Waals surface area contributed by atoms with E-state index in [1.54, 1.807) is 17.0 Å². The third-order valence-corrected chi connectivity index (χ3v) is 5.90. The molecule has 128 valence electrons. The van der Waals surface area contributed by atoms with Crippen LogP contribution in [0.1, 0.15) is 41.2 Å². The van der Waals surface area contributed by atoms with Gasteiger partial charge < -0.3 is 10.2 Å². The van der Waals surface area contributed by atoms with E-state index in [2.05, 4.69) is 17.4 Å². The average molecular weight is 352 g/mol. The number of hydrogen-bond donors (Lipinski definition) is 1. The lowest BCUT2D eigenvalue weighted by molar-refractivity contribution is -0.117. The Morgan fingerprint density at radius 1 is 1.12 bits per heavy atom. The van der Waals surface area contributed by atoms with Crippen molar-refractivity contribution in [3.63, 3.8) is 0 Å². The minimum Gasteiger partial charge on any atom is -0.345 e. The predicted octanol–water partition coefficient (Wildman–Crippen LogP) is 3.78. The lowest BCUT2D eigenvalue weighted by Crippen LogP contribution is -2.30. The van der Waals surface area contributed by atoms with Gasteiger partial charge in [-0.25, -0.2) is 0 Å².